The van der Waals surface area contributed by atoms with E-state index >= 15 is 0 Å². The summed E-state index contributed by atoms with van der Waals surface area (Å²) in [6.07, 6.45) is 5.31. The molecule has 0 fully saturated rings. The molecule has 2 aromatic heterocycles. The van der Waals surface area contributed by atoms with Gasteiger partial charge in [-0.1, -0.05) is 133 Å². The molecule has 0 amide bonds. The average molecular weight is 628 g/mol. The van der Waals surface area contributed by atoms with E-state index in [1.807, 2.05) is 36.4 Å². The predicted octanol–water partition coefficient (Wildman–Crippen LogP) is 11.4. The SMILES string of the molecule is C1=CC(c2nc(-c3ccccc3)nc(-c3ccc4cc(-c5cccc6oc7ccccc7c56)ccc4c3)n2)Cc2c1ccc1ccccc21. The van der Waals surface area contributed by atoms with Crippen LogP contribution in [0.1, 0.15) is 22.9 Å². The van der Waals surface area contributed by atoms with Crippen LogP contribution in [0.2, 0.25) is 0 Å². The number of furan rings is 1. The van der Waals surface area contributed by atoms with Crippen LogP contribution in [-0.2, 0) is 6.42 Å². The molecule has 0 N–H and O–H groups in total. The van der Waals surface area contributed by atoms with Gasteiger partial charge in [0.15, 0.2) is 11.6 Å². The minimum absolute atomic E-state index is 0.0345. The number of benzene rings is 7. The third-order valence-corrected chi connectivity index (χ3v) is 9.84. The molecule has 0 aliphatic heterocycles. The van der Waals surface area contributed by atoms with Crippen molar-refractivity contribution in [3.8, 4) is 33.9 Å². The lowest BCUT2D eigenvalue weighted by Crippen LogP contribution is -2.12. The summed E-state index contributed by atoms with van der Waals surface area (Å²) >= 11 is 0. The molecule has 1 aliphatic rings. The van der Waals surface area contributed by atoms with Crippen LogP contribution in [-0.4, -0.2) is 15.0 Å². The summed E-state index contributed by atoms with van der Waals surface area (Å²) in [5, 5.41) is 7.11. The summed E-state index contributed by atoms with van der Waals surface area (Å²) < 4.78 is 6.17. The van der Waals surface area contributed by atoms with Crippen molar-refractivity contribution in [1.82, 2.24) is 15.0 Å². The first kappa shape index (κ1) is 27.7. The largest absolute Gasteiger partial charge is 0.456 e. The quantitative estimate of drug-likeness (QED) is 0.195. The van der Waals surface area contributed by atoms with E-state index in [9.17, 15) is 0 Å². The Hall–Kier alpha value is -6.39. The Morgan fingerprint density at radius 1 is 0.510 bits per heavy atom. The van der Waals surface area contributed by atoms with Gasteiger partial charge in [0.1, 0.15) is 17.0 Å². The Morgan fingerprint density at radius 2 is 1.20 bits per heavy atom. The molecule has 10 rings (SSSR count). The van der Waals surface area contributed by atoms with Gasteiger partial charge in [-0.15, -0.1) is 0 Å². The van der Waals surface area contributed by atoms with Crippen molar-refractivity contribution in [3.63, 3.8) is 0 Å². The van der Waals surface area contributed by atoms with Gasteiger partial charge < -0.3 is 4.42 Å². The van der Waals surface area contributed by atoms with Gasteiger partial charge in [0, 0.05) is 27.8 Å². The third-order valence-electron chi connectivity index (χ3n) is 9.84. The first-order chi connectivity index (χ1) is 24.2. The smallest absolute Gasteiger partial charge is 0.163 e. The lowest BCUT2D eigenvalue weighted by molar-refractivity contribution is 0.669. The Bertz CT molecular complexity index is 2760. The number of hydrogen-bond acceptors (Lipinski definition) is 4. The highest BCUT2D eigenvalue weighted by Gasteiger charge is 2.22. The molecule has 1 unspecified atom stereocenters. The summed E-state index contributed by atoms with van der Waals surface area (Å²) in [7, 11) is 0. The molecule has 49 heavy (non-hydrogen) atoms. The Morgan fingerprint density at radius 3 is 2.08 bits per heavy atom. The molecule has 0 saturated carbocycles. The van der Waals surface area contributed by atoms with Gasteiger partial charge in [-0.2, -0.15) is 0 Å². The Labute approximate surface area is 283 Å². The highest BCUT2D eigenvalue weighted by atomic mass is 16.3. The third kappa shape index (κ3) is 4.72. The van der Waals surface area contributed by atoms with E-state index in [1.165, 1.54) is 21.9 Å². The van der Waals surface area contributed by atoms with E-state index < -0.39 is 0 Å². The van der Waals surface area contributed by atoms with Gasteiger partial charge in [-0.25, -0.2) is 15.0 Å². The molecule has 4 nitrogen and oxygen atoms in total. The summed E-state index contributed by atoms with van der Waals surface area (Å²) in [6.45, 7) is 0. The lowest BCUT2D eigenvalue weighted by atomic mass is 9.86. The van der Waals surface area contributed by atoms with E-state index in [2.05, 4.69) is 121 Å². The van der Waals surface area contributed by atoms with Crippen molar-refractivity contribution >= 4 is 49.6 Å². The van der Waals surface area contributed by atoms with Crippen molar-refractivity contribution in [2.24, 2.45) is 0 Å². The molecule has 2 heterocycles. The van der Waals surface area contributed by atoms with Crippen molar-refractivity contribution in [2.45, 2.75) is 12.3 Å². The molecular weight excluding hydrogens is 599 g/mol. The summed E-state index contributed by atoms with van der Waals surface area (Å²) in [5.41, 5.74) is 8.68. The molecule has 9 aromatic rings. The Balaban J connectivity index is 1.07. The zero-order valence-electron chi connectivity index (χ0n) is 26.5. The molecule has 4 heteroatoms. The zero-order valence-corrected chi connectivity index (χ0v) is 26.5. The molecule has 0 spiro atoms. The molecule has 1 atom stereocenters. The number of nitrogens with zero attached hydrogens (tertiary/aromatic N) is 3. The van der Waals surface area contributed by atoms with Gasteiger partial charge in [-0.3, -0.25) is 0 Å². The van der Waals surface area contributed by atoms with Gasteiger partial charge in [0.2, 0.25) is 0 Å². The second-order valence-electron chi connectivity index (χ2n) is 12.8. The van der Waals surface area contributed by atoms with Gasteiger partial charge in [0.25, 0.3) is 0 Å². The van der Waals surface area contributed by atoms with Gasteiger partial charge >= 0.3 is 0 Å². The van der Waals surface area contributed by atoms with E-state index in [-0.39, 0.29) is 5.92 Å². The normalized spacial score (nSPS) is 14.2. The van der Waals surface area contributed by atoms with Crippen LogP contribution in [0, 0.1) is 0 Å². The number of rotatable bonds is 4. The fourth-order valence-corrected chi connectivity index (χ4v) is 7.39. The first-order valence-corrected chi connectivity index (χ1v) is 16.7. The molecular formula is C45H29N3O. The van der Waals surface area contributed by atoms with Crippen LogP contribution >= 0.6 is 0 Å². The van der Waals surface area contributed by atoms with Gasteiger partial charge in [-0.05, 0) is 74.5 Å². The van der Waals surface area contributed by atoms with E-state index in [0.29, 0.717) is 11.6 Å². The summed E-state index contributed by atoms with van der Waals surface area (Å²) in [4.78, 5) is 15.3. The van der Waals surface area contributed by atoms with Crippen LogP contribution in [0.3, 0.4) is 0 Å². The second kappa shape index (κ2) is 11.1. The van der Waals surface area contributed by atoms with Crippen LogP contribution in [0.25, 0.3) is 83.5 Å². The highest BCUT2D eigenvalue weighted by molar-refractivity contribution is 6.12. The zero-order chi connectivity index (χ0) is 32.3. The number of hydrogen-bond donors (Lipinski definition) is 0. The number of allylic oxidation sites excluding steroid dienone is 1. The number of aromatic nitrogens is 3. The molecule has 7 aromatic carbocycles. The van der Waals surface area contributed by atoms with E-state index in [4.69, 9.17) is 19.4 Å². The van der Waals surface area contributed by atoms with E-state index in [1.54, 1.807) is 0 Å². The van der Waals surface area contributed by atoms with E-state index in [0.717, 1.165) is 67.2 Å². The minimum Gasteiger partial charge on any atom is -0.456 e. The fraction of sp³-hybridized carbons (Fsp3) is 0.0444. The molecule has 0 radical (unpaired) electrons. The standard InChI is InChI=1S/C45H29N3O/c1-2-10-30(11-3-1)43-46-44(48-45(47-43)35-23-19-29-18-17-28-9-4-5-12-36(28)39(29)27-35)34-24-21-31-25-33(22-20-32(31)26-34)37-14-8-16-41-42(37)38-13-6-7-15-40(38)49-41/h1-26,35H,27H2. The lowest BCUT2D eigenvalue weighted by Gasteiger charge is -2.21. The van der Waals surface area contributed by atoms with Crippen LogP contribution < -0.4 is 0 Å². The summed E-state index contributed by atoms with van der Waals surface area (Å²) in [5.74, 6) is 2.19. The fourth-order valence-electron chi connectivity index (χ4n) is 7.39. The average Bonchev–Trinajstić information content (AvgIpc) is 3.56. The molecule has 0 saturated heterocycles. The van der Waals surface area contributed by atoms with Crippen molar-refractivity contribution < 1.29 is 4.42 Å². The summed E-state index contributed by atoms with van der Waals surface area (Å²) in [6, 6.07) is 50.9. The maximum absolute atomic E-state index is 6.17. The second-order valence-corrected chi connectivity index (χ2v) is 12.8. The van der Waals surface area contributed by atoms with Crippen molar-refractivity contribution in [1.29, 1.82) is 0 Å². The number of fused-ring (bicyclic) bond motifs is 7. The number of para-hydroxylation sites is 1. The topological polar surface area (TPSA) is 51.8 Å². The molecule has 0 bridgehead atoms. The van der Waals surface area contributed by atoms with Gasteiger partial charge in [0.05, 0.1) is 0 Å². The predicted molar refractivity (Wildman–Crippen MR) is 200 cm³/mol. The maximum Gasteiger partial charge on any atom is 0.163 e. The maximum atomic E-state index is 6.17. The van der Waals surface area contributed by atoms with Crippen LogP contribution in [0.4, 0.5) is 0 Å². The highest BCUT2D eigenvalue weighted by Crippen LogP contribution is 2.38. The van der Waals surface area contributed by atoms with Crippen molar-refractivity contribution in [2.75, 3.05) is 0 Å². The molecule has 1 aliphatic carbocycles. The minimum atomic E-state index is 0.0345. The van der Waals surface area contributed by atoms with Crippen LogP contribution in [0.15, 0.2) is 156 Å². The van der Waals surface area contributed by atoms with Crippen molar-refractivity contribution in [3.05, 3.63) is 169 Å². The Kier molecular flexibility index (Phi) is 6.28. The van der Waals surface area contributed by atoms with Crippen LogP contribution in [0.5, 0.6) is 0 Å². The first-order valence-electron chi connectivity index (χ1n) is 16.7. The monoisotopic (exact) mass is 627 g/mol. The molecule has 230 valence electrons.